The molecule has 0 saturated heterocycles. The first kappa shape index (κ1) is 12.9. The first-order valence-electron chi connectivity index (χ1n) is 5.49. The third kappa shape index (κ3) is 2.35. The molecule has 0 spiro atoms. The van der Waals surface area contributed by atoms with E-state index in [1.807, 2.05) is 0 Å². The van der Waals surface area contributed by atoms with Crippen LogP contribution in [-0.2, 0) is 11.8 Å². The summed E-state index contributed by atoms with van der Waals surface area (Å²) in [5.41, 5.74) is 7.72. The van der Waals surface area contributed by atoms with Crippen LogP contribution in [0.3, 0.4) is 0 Å². The summed E-state index contributed by atoms with van der Waals surface area (Å²) in [6.45, 7) is 0. The second kappa shape index (κ2) is 4.97. The summed E-state index contributed by atoms with van der Waals surface area (Å²) < 4.78 is 9.94. The molecule has 2 N–H and O–H groups in total. The molecule has 0 unspecified atom stereocenters. The number of carbonyl (C=O) groups is 1. The minimum Gasteiger partial charge on any atom is -0.494 e. The molecule has 1 aromatic carbocycles. The van der Waals surface area contributed by atoms with E-state index in [1.165, 1.54) is 25.1 Å². The minimum absolute atomic E-state index is 0.335. The molecular formula is C12H14N4O3. The lowest BCUT2D eigenvalue weighted by Gasteiger charge is -2.11. The van der Waals surface area contributed by atoms with Gasteiger partial charge in [-0.1, -0.05) is 0 Å². The molecule has 7 heteroatoms. The van der Waals surface area contributed by atoms with Gasteiger partial charge in [-0.05, 0) is 12.1 Å². The Morgan fingerprint density at radius 1 is 1.37 bits per heavy atom. The molecule has 7 nitrogen and oxygen atoms in total. The number of hydrogen-bond donors (Lipinski definition) is 1. The molecule has 0 fully saturated rings. The quantitative estimate of drug-likeness (QED) is 0.651. The molecule has 100 valence electrons. The first-order valence-corrected chi connectivity index (χ1v) is 5.49. The number of aryl methyl sites for hydroxylation is 1. The maximum absolute atomic E-state index is 11.6. The summed E-state index contributed by atoms with van der Waals surface area (Å²) in [5, 5.41) is 8.16. The van der Waals surface area contributed by atoms with Crippen molar-refractivity contribution in [2.75, 3.05) is 20.0 Å². The Balaban J connectivity index is 2.62. The number of methoxy groups -OCH3 is 2. The van der Waals surface area contributed by atoms with Crippen molar-refractivity contribution < 1.29 is 14.3 Å². The molecule has 0 aliphatic rings. The number of esters is 1. The third-order valence-corrected chi connectivity index (χ3v) is 2.62. The Hall–Kier alpha value is -2.57. The molecule has 2 aromatic rings. The Morgan fingerprint density at radius 2 is 2.11 bits per heavy atom. The van der Waals surface area contributed by atoms with Crippen LogP contribution in [0.5, 0.6) is 5.75 Å². The number of anilines is 1. The van der Waals surface area contributed by atoms with E-state index < -0.39 is 5.97 Å². The van der Waals surface area contributed by atoms with Crippen LogP contribution in [0.15, 0.2) is 18.3 Å². The number of nitrogens with zero attached hydrogens (tertiary/aromatic N) is 3. The number of hydrogen-bond acceptors (Lipinski definition) is 6. The normalized spacial score (nSPS) is 10.3. The first-order chi connectivity index (χ1) is 9.06. The lowest BCUT2D eigenvalue weighted by Crippen LogP contribution is -2.05. The van der Waals surface area contributed by atoms with Crippen molar-refractivity contribution in [2.24, 2.45) is 7.05 Å². The molecule has 0 amide bonds. The highest BCUT2D eigenvalue weighted by molar-refractivity contribution is 5.94. The number of ether oxygens (including phenoxy) is 2. The van der Waals surface area contributed by atoms with E-state index in [-0.39, 0.29) is 0 Å². The molecule has 19 heavy (non-hydrogen) atoms. The average molecular weight is 262 g/mol. The predicted octanol–water partition coefficient (Wildman–Crippen LogP) is 0.859. The summed E-state index contributed by atoms with van der Waals surface area (Å²) in [6, 6.07) is 3.12. The number of rotatable bonds is 3. The summed E-state index contributed by atoms with van der Waals surface area (Å²) in [4.78, 5) is 13.0. The van der Waals surface area contributed by atoms with Crippen LogP contribution in [0.2, 0.25) is 0 Å². The van der Waals surface area contributed by atoms with Crippen molar-refractivity contribution in [1.29, 1.82) is 0 Å². The fourth-order valence-corrected chi connectivity index (χ4v) is 1.77. The molecule has 0 bridgehead atoms. The van der Waals surface area contributed by atoms with Gasteiger partial charge in [-0.15, -0.1) is 0 Å². The second-order valence-electron chi connectivity index (χ2n) is 3.86. The maximum Gasteiger partial charge on any atom is 0.337 e. The number of nitrogens with two attached hydrogens (primary N) is 1. The molecule has 0 radical (unpaired) electrons. The van der Waals surface area contributed by atoms with E-state index in [2.05, 4.69) is 14.9 Å². The van der Waals surface area contributed by atoms with Gasteiger partial charge in [0, 0.05) is 12.6 Å². The van der Waals surface area contributed by atoms with Gasteiger partial charge in [0.2, 0.25) is 0 Å². The van der Waals surface area contributed by atoms with Crippen LogP contribution < -0.4 is 10.5 Å². The zero-order valence-corrected chi connectivity index (χ0v) is 10.9. The molecule has 0 atom stereocenters. The van der Waals surface area contributed by atoms with Gasteiger partial charge in [0.15, 0.2) is 5.75 Å². The van der Waals surface area contributed by atoms with Crippen molar-refractivity contribution in [3.8, 4) is 17.0 Å². The third-order valence-electron chi connectivity index (χ3n) is 2.62. The molecule has 0 aliphatic carbocycles. The SMILES string of the molecule is COC(=O)c1cc(N)c(OC)c(-c2cnn(C)n2)c1. The highest BCUT2D eigenvalue weighted by Gasteiger charge is 2.17. The van der Waals surface area contributed by atoms with Gasteiger partial charge in [0.05, 0.1) is 31.7 Å². The fourth-order valence-electron chi connectivity index (χ4n) is 1.77. The van der Waals surface area contributed by atoms with Gasteiger partial charge in [0.1, 0.15) is 5.69 Å². The lowest BCUT2D eigenvalue weighted by molar-refractivity contribution is 0.0601. The number of nitrogen functional groups attached to an aromatic ring is 1. The molecular weight excluding hydrogens is 248 g/mol. The van der Waals surface area contributed by atoms with Gasteiger partial charge in [-0.25, -0.2) is 4.79 Å². The highest BCUT2D eigenvalue weighted by Crippen LogP contribution is 2.35. The zero-order valence-electron chi connectivity index (χ0n) is 10.9. The molecule has 2 rings (SSSR count). The van der Waals surface area contributed by atoms with Crippen LogP contribution in [-0.4, -0.2) is 35.2 Å². The van der Waals surface area contributed by atoms with Gasteiger partial charge < -0.3 is 15.2 Å². The van der Waals surface area contributed by atoms with Crippen molar-refractivity contribution in [1.82, 2.24) is 15.0 Å². The van der Waals surface area contributed by atoms with Crippen molar-refractivity contribution in [3.63, 3.8) is 0 Å². The second-order valence-corrected chi connectivity index (χ2v) is 3.86. The predicted molar refractivity (Wildman–Crippen MR) is 68.7 cm³/mol. The maximum atomic E-state index is 11.6. The van der Waals surface area contributed by atoms with Gasteiger partial charge in [-0.3, -0.25) is 0 Å². The van der Waals surface area contributed by atoms with Crippen LogP contribution >= 0.6 is 0 Å². The van der Waals surface area contributed by atoms with Gasteiger partial charge in [0.25, 0.3) is 0 Å². The monoisotopic (exact) mass is 262 g/mol. The molecule has 1 aromatic heterocycles. The Bertz CT molecular complexity index is 621. The molecule has 1 heterocycles. The van der Waals surface area contributed by atoms with E-state index in [9.17, 15) is 4.79 Å². The average Bonchev–Trinajstić information content (AvgIpc) is 2.83. The topological polar surface area (TPSA) is 92.3 Å². The van der Waals surface area contributed by atoms with Crippen LogP contribution in [0.1, 0.15) is 10.4 Å². The molecule has 0 aliphatic heterocycles. The summed E-state index contributed by atoms with van der Waals surface area (Å²) in [5.74, 6) is -0.0207. The Kier molecular flexibility index (Phi) is 3.37. The summed E-state index contributed by atoms with van der Waals surface area (Å²) in [7, 11) is 4.51. The van der Waals surface area contributed by atoms with Crippen molar-refractivity contribution >= 4 is 11.7 Å². The fraction of sp³-hybridized carbons (Fsp3) is 0.250. The summed E-state index contributed by atoms with van der Waals surface area (Å²) >= 11 is 0. The van der Waals surface area contributed by atoms with Crippen molar-refractivity contribution in [3.05, 3.63) is 23.9 Å². The number of benzene rings is 1. The van der Waals surface area contributed by atoms with Crippen LogP contribution in [0.25, 0.3) is 11.3 Å². The molecule has 0 saturated carbocycles. The Labute approximate surface area is 109 Å². The highest BCUT2D eigenvalue weighted by atomic mass is 16.5. The standard InChI is InChI=1S/C12H14N4O3/c1-16-14-6-10(15-16)8-4-7(12(17)19-3)5-9(13)11(8)18-2/h4-6H,13H2,1-3H3. The summed E-state index contributed by atoms with van der Waals surface area (Å²) in [6.07, 6.45) is 1.57. The van der Waals surface area contributed by atoms with Crippen LogP contribution in [0.4, 0.5) is 5.69 Å². The van der Waals surface area contributed by atoms with E-state index in [0.717, 1.165) is 0 Å². The smallest absolute Gasteiger partial charge is 0.337 e. The number of carbonyl (C=O) groups excluding carboxylic acids is 1. The Morgan fingerprint density at radius 3 is 2.63 bits per heavy atom. The number of aromatic nitrogens is 3. The zero-order chi connectivity index (χ0) is 14.0. The lowest BCUT2D eigenvalue weighted by atomic mass is 10.1. The van der Waals surface area contributed by atoms with E-state index in [4.69, 9.17) is 10.5 Å². The van der Waals surface area contributed by atoms with Gasteiger partial charge in [-0.2, -0.15) is 15.0 Å². The van der Waals surface area contributed by atoms with Crippen molar-refractivity contribution in [2.45, 2.75) is 0 Å². The van der Waals surface area contributed by atoms with E-state index in [0.29, 0.717) is 28.3 Å². The van der Waals surface area contributed by atoms with Gasteiger partial charge >= 0.3 is 5.97 Å². The minimum atomic E-state index is -0.473. The van der Waals surface area contributed by atoms with E-state index >= 15 is 0 Å². The van der Waals surface area contributed by atoms with E-state index in [1.54, 1.807) is 19.3 Å². The van der Waals surface area contributed by atoms with Crippen LogP contribution in [0, 0.1) is 0 Å². The largest absolute Gasteiger partial charge is 0.494 e.